The zero-order valence-corrected chi connectivity index (χ0v) is 13.7. The van der Waals surface area contributed by atoms with E-state index in [2.05, 4.69) is 30.3 Å². The Kier molecular flexibility index (Phi) is 4.24. The van der Waals surface area contributed by atoms with Gasteiger partial charge in [-0.15, -0.1) is 0 Å². The molecule has 1 saturated carbocycles. The summed E-state index contributed by atoms with van der Waals surface area (Å²) in [5.41, 5.74) is 2.45. The smallest absolute Gasteiger partial charge is 0.133 e. The maximum absolute atomic E-state index is 11.3. The molecular weight excluding hydrogens is 300 g/mol. The first-order chi connectivity index (χ1) is 11.8. The van der Waals surface area contributed by atoms with Crippen LogP contribution in [0.5, 0.6) is 11.5 Å². The highest BCUT2D eigenvalue weighted by atomic mass is 16.5. The number of rotatable bonds is 3. The Bertz CT molecular complexity index is 713. The van der Waals surface area contributed by atoms with E-state index in [-0.39, 0.29) is 12.2 Å². The topological polar surface area (TPSA) is 35.5 Å². The Morgan fingerprint density at radius 3 is 2.50 bits per heavy atom. The molecule has 24 heavy (non-hydrogen) atoms. The molecule has 3 nitrogen and oxygen atoms in total. The molecule has 1 atom stereocenters. The Morgan fingerprint density at radius 1 is 0.917 bits per heavy atom. The van der Waals surface area contributed by atoms with E-state index in [0.29, 0.717) is 18.6 Å². The van der Waals surface area contributed by atoms with Crippen LogP contribution in [0.15, 0.2) is 48.5 Å². The summed E-state index contributed by atoms with van der Waals surface area (Å²) in [6.45, 7) is 0. The fraction of sp³-hybridized carbons (Fsp3) is 0.381. The van der Waals surface area contributed by atoms with Crippen molar-refractivity contribution in [1.29, 1.82) is 0 Å². The molecule has 2 aromatic rings. The number of carbonyl (C=O) groups is 1. The Labute approximate surface area is 142 Å². The van der Waals surface area contributed by atoms with Crippen LogP contribution in [-0.2, 0) is 11.2 Å². The van der Waals surface area contributed by atoms with Gasteiger partial charge in [0, 0.05) is 12.8 Å². The minimum absolute atomic E-state index is 0.134. The van der Waals surface area contributed by atoms with Crippen LogP contribution >= 0.6 is 0 Å². The summed E-state index contributed by atoms with van der Waals surface area (Å²) in [5.74, 6) is 2.22. The Hall–Kier alpha value is -2.29. The van der Waals surface area contributed by atoms with Gasteiger partial charge in [0.1, 0.15) is 23.4 Å². The maximum Gasteiger partial charge on any atom is 0.133 e. The first kappa shape index (κ1) is 15.3. The SMILES string of the molecule is O=C1CCC(Oc2ccc3c(c2)CCC(c2ccccc2)O3)CC1. The van der Waals surface area contributed by atoms with Gasteiger partial charge in [-0.1, -0.05) is 30.3 Å². The highest BCUT2D eigenvalue weighted by Crippen LogP contribution is 2.37. The molecule has 1 heterocycles. The normalized spacial score (nSPS) is 21.0. The number of carbonyl (C=O) groups excluding carboxylic acids is 1. The van der Waals surface area contributed by atoms with Gasteiger partial charge >= 0.3 is 0 Å². The second-order valence-electron chi connectivity index (χ2n) is 6.68. The van der Waals surface area contributed by atoms with Gasteiger partial charge in [-0.05, 0) is 55.0 Å². The van der Waals surface area contributed by atoms with Gasteiger partial charge in [0.25, 0.3) is 0 Å². The van der Waals surface area contributed by atoms with Crippen molar-refractivity contribution in [3.8, 4) is 11.5 Å². The average Bonchev–Trinajstić information content (AvgIpc) is 2.64. The van der Waals surface area contributed by atoms with E-state index in [9.17, 15) is 4.79 Å². The molecule has 0 aromatic heterocycles. The van der Waals surface area contributed by atoms with Gasteiger partial charge < -0.3 is 9.47 Å². The van der Waals surface area contributed by atoms with Crippen molar-refractivity contribution in [3.05, 3.63) is 59.7 Å². The molecule has 0 spiro atoms. The average molecular weight is 322 g/mol. The van der Waals surface area contributed by atoms with E-state index in [1.807, 2.05) is 18.2 Å². The third-order valence-electron chi connectivity index (χ3n) is 4.94. The quantitative estimate of drug-likeness (QED) is 0.825. The highest BCUT2D eigenvalue weighted by Gasteiger charge is 2.23. The van der Waals surface area contributed by atoms with Crippen LogP contribution in [-0.4, -0.2) is 11.9 Å². The van der Waals surface area contributed by atoms with E-state index in [1.54, 1.807) is 0 Å². The standard InChI is InChI=1S/C21H22O3/c22-17-7-9-18(10-8-17)23-19-11-13-21-16(14-19)6-12-20(24-21)15-4-2-1-3-5-15/h1-5,11,13-14,18,20H,6-10,12H2. The second kappa shape index (κ2) is 6.68. The van der Waals surface area contributed by atoms with Gasteiger partial charge in [-0.2, -0.15) is 0 Å². The molecular formula is C21H22O3. The minimum atomic E-state index is 0.134. The molecule has 1 aliphatic carbocycles. The number of hydrogen-bond acceptors (Lipinski definition) is 3. The molecule has 1 unspecified atom stereocenters. The number of hydrogen-bond donors (Lipinski definition) is 0. The lowest BCUT2D eigenvalue weighted by atomic mass is 9.96. The summed E-state index contributed by atoms with van der Waals surface area (Å²) in [6, 6.07) is 16.5. The predicted molar refractivity (Wildman–Crippen MR) is 92.5 cm³/mol. The number of benzene rings is 2. The summed E-state index contributed by atoms with van der Waals surface area (Å²) in [7, 11) is 0. The van der Waals surface area contributed by atoms with Crippen molar-refractivity contribution in [2.45, 2.75) is 50.7 Å². The van der Waals surface area contributed by atoms with Crippen molar-refractivity contribution >= 4 is 5.78 Å². The van der Waals surface area contributed by atoms with Crippen LogP contribution in [0, 0.1) is 0 Å². The molecule has 2 aliphatic rings. The molecule has 3 heteroatoms. The number of Topliss-reactive ketones (excluding diaryl/α,β-unsaturated/α-hetero) is 1. The first-order valence-corrected chi connectivity index (χ1v) is 8.81. The highest BCUT2D eigenvalue weighted by molar-refractivity contribution is 5.79. The van der Waals surface area contributed by atoms with Crippen molar-refractivity contribution in [2.75, 3.05) is 0 Å². The molecule has 124 valence electrons. The lowest BCUT2D eigenvalue weighted by molar-refractivity contribution is -0.121. The van der Waals surface area contributed by atoms with Crippen LogP contribution in [0.1, 0.15) is 49.3 Å². The van der Waals surface area contributed by atoms with E-state index < -0.39 is 0 Å². The third kappa shape index (κ3) is 3.30. The third-order valence-corrected chi connectivity index (χ3v) is 4.94. The number of aryl methyl sites for hydroxylation is 1. The van der Waals surface area contributed by atoms with Crippen molar-refractivity contribution < 1.29 is 14.3 Å². The molecule has 2 aromatic carbocycles. The van der Waals surface area contributed by atoms with E-state index in [4.69, 9.17) is 9.47 Å². The summed E-state index contributed by atoms with van der Waals surface area (Å²) >= 11 is 0. The zero-order valence-electron chi connectivity index (χ0n) is 13.7. The van der Waals surface area contributed by atoms with Gasteiger partial charge in [0.05, 0.1) is 6.10 Å². The fourth-order valence-corrected chi connectivity index (χ4v) is 3.56. The van der Waals surface area contributed by atoms with E-state index in [1.165, 1.54) is 11.1 Å². The molecule has 0 radical (unpaired) electrons. The largest absolute Gasteiger partial charge is 0.490 e. The van der Waals surface area contributed by atoms with Gasteiger partial charge in [-0.25, -0.2) is 0 Å². The van der Waals surface area contributed by atoms with E-state index in [0.717, 1.165) is 37.2 Å². The predicted octanol–water partition coefficient (Wildman–Crippen LogP) is 4.64. The van der Waals surface area contributed by atoms with Crippen molar-refractivity contribution in [2.24, 2.45) is 0 Å². The number of ketones is 1. The van der Waals surface area contributed by atoms with Gasteiger partial charge in [0.15, 0.2) is 0 Å². The zero-order chi connectivity index (χ0) is 16.4. The number of ether oxygens (including phenoxy) is 2. The van der Waals surface area contributed by atoms with Crippen molar-refractivity contribution in [1.82, 2.24) is 0 Å². The Morgan fingerprint density at radius 2 is 1.71 bits per heavy atom. The molecule has 0 bridgehead atoms. The van der Waals surface area contributed by atoms with Crippen LogP contribution in [0.25, 0.3) is 0 Å². The summed E-state index contributed by atoms with van der Waals surface area (Å²) in [5, 5.41) is 0. The van der Waals surface area contributed by atoms with Gasteiger partial charge in [0.2, 0.25) is 0 Å². The van der Waals surface area contributed by atoms with Crippen LogP contribution in [0.4, 0.5) is 0 Å². The minimum Gasteiger partial charge on any atom is -0.490 e. The molecule has 0 N–H and O–H groups in total. The molecule has 0 amide bonds. The number of fused-ring (bicyclic) bond motifs is 1. The second-order valence-corrected chi connectivity index (χ2v) is 6.68. The van der Waals surface area contributed by atoms with E-state index >= 15 is 0 Å². The van der Waals surface area contributed by atoms with Crippen LogP contribution in [0.3, 0.4) is 0 Å². The maximum atomic E-state index is 11.3. The lowest BCUT2D eigenvalue weighted by Gasteiger charge is -2.28. The van der Waals surface area contributed by atoms with Crippen molar-refractivity contribution in [3.63, 3.8) is 0 Å². The van der Waals surface area contributed by atoms with Crippen LogP contribution in [0.2, 0.25) is 0 Å². The first-order valence-electron chi connectivity index (χ1n) is 8.81. The van der Waals surface area contributed by atoms with Crippen LogP contribution < -0.4 is 9.47 Å². The van der Waals surface area contributed by atoms with Gasteiger partial charge in [-0.3, -0.25) is 4.79 Å². The summed E-state index contributed by atoms with van der Waals surface area (Å²) < 4.78 is 12.3. The molecule has 1 fully saturated rings. The fourth-order valence-electron chi connectivity index (χ4n) is 3.56. The molecule has 1 aliphatic heterocycles. The summed E-state index contributed by atoms with van der Waals surface area (Å²) in [6.07, 6.45) is 5.25. The Balaban J connectivity index is 1.44. The monoisotopic (exact) mass is 322 g/mol. The lowest BCUT2D eigenvalue weighted by Crippen LogP contribution is -2.24. The molecule has 4 rings (SSSR count). The molecule has 0 saturated heterocycles. The summed E-state index contributed by atoms with van der Waals surface area (Å²) in [4.78, 5) is 11.3.